The quantitative estimate of drug-likeness (QED) is 0.699. The van der Waals surface area contributed by atoms with Gasteiger partial charge in [-0.2, -0.15) is 26.3 Å². The molecular formula is C13H12F7N3O2. The van der Waals surface area contributed by atoms with Gasteiger partial charge in [0, 0.05) is 7.05 Å². The summed E-state index contributed by atoms with van der Waals surface area (Å²) in [5, 5.41) is 3.32. The molecule has 2 amide bonds. The highest BCUT2D eigenvalue weighted by Crippen LogP contribution is 2.32. The summed E-state index contributed by atoms with van der Waals surface area (Å²) in [7, 11) is 0.948. The van der Waals surface area contributed by atoms with Crippen LogP contribution in [0.5, 0.6) is 0 Å². The largest absolute Gasteiger partial charge is 0.417 e. The minimum atomic E-state index is -5.15. The Morgan fingerprint density at radius 1 is 1.12 bits per heavy atom. The van der Waals surface area contributed by atoms with Crippen LogP contribution in [-0.2, 0) is 11.0 Å². The lowest BCUT2D eigenvalue weighted by Crippen LogP contribution is -2.61. The molecule has 0 aliphatic carbocycles. The molecule has 0 aliphatic heterocycles. The van der Waals surface area contributed by atoms with Gasteiger partial charge >= 0.3 is 12.4 Å². The predicted molar refractivity (Wildman–Crippen MR) is 70.8 cm³/mol. The van der Waals surface area contributed by atoms with Crippen LogP contribution < -0.4 is 16.4 Å². The van der Waals surface area contributed by atoms with Crippen LogP contribution in [0.1, 0.15) is 15.9 Å². The van der Waals surface area contributed by atoms with Gasteiger partial charge in [-0.15, -0.1) is 0 Å². The van der Waals surface area contributed by atoms with Crippen molar-refractivity contribution in [3.63, 3.8) is 0 Å². The second kappa shape index (κ2) is 7.25. The molecule has 0 spiro atoms. The van der Waals surface area contributed by atoms with Crippen molar-refractivity contribution in [1.29, 1.82) is 0 Å². The van der Waals surface area contributed by atoms with Gasteiger partial charge in [0.2, 0.25) is 5.91 Å². The molecule has 0 bridgehead atoms. The summed E-state index contributed by atoms with van der Waals surface area (Å²) < 4.78 is 89.7. The van der Waals surface area contributed by atoms with Crippen LogP contribution in [0.3, 0.4) is 0 Å². The third kappa shape index (κ3) is 5.05. The zero-order chi connectivity index (χ0) is 19.6. The highest BCUT2D eigenvalue weighted by Gasteiger charge is 2.46. The summed E-state index contributed by atoms with van der Waals surface area (Å²) in [6, 6.07) is -4.29. The van der Waals surface area contributed by atoms with Gasteiger partial charge in [0.1, 0.15) is 17.9 Å². The second-order valence-corrected chi connectivity index (χ2v) is 4.82. The number of carbonyl (C=O) groups is 2. The van der Waals surface area contributed by atoms with Crippen LogP contribution in [-0.4, -0.2) is 37.1 Å². The maximum atomic E-state index is 13.0. The van der Waals surface area contributed by atoms with Crippen molar-refractivity contribution in [3.8, 4) is 0 Å². The fourth-order valence-electron chi connectivity index (χ4n) is 1.83. The van der Waals surface area contributed by atoms with Gasteiger partial charge in [-0.1, -0.05) is 0 Å². The number of hydrogen-bond acceptors (Lipinski definition) is 3. The highest BCUT2D eigenvalue weighted by molar-refractivity contribution is 5.99. The first-order valence-electron chi connectivity index (χ1n) is 6.50. The van der Waals surface area contributed by atoms with Crippen LogP contribution in [0.2, 0.25) is 0 Å². The van der Waals surface area contributed by atoms with E-state index in [1.54, 1.807) is 0 Å². The van der Waals surface area contributed by atoms with Crippen LogP contribution in [0, 0.1) is 5.82 Å². The summed E-state index contributed by atoms with van der Waals surface area (Å²) in [5.41, 5.74) is 2.00. The number of carbonyl (C=O) groups excluding carboxylic acids is 2. The molecule has 0 fully saturated rings. The summed E-state index contributed by atoms with van der Waals surface area (Å²) in [6.07, 6.45) is -10.3. The van der Waals surface area contributed by atoms with E-state index >= 15 is 0 Å². The maximum absolute atomic E-state index is 13.0. The number of rotatable bonds is 4. The van der Waals surface area contributed by atoms with E-state index in [0.29, 0.717) is 12.1 Å². The van der Waals surface area contributed by atoms with Crippen molar-refractivity contribution in [2.75, 3.05) is 7.05 Å². The fourth-order valence-corrected chi connectivity index (χ4v) is 1.83. The smallest absolute Gasteiger partial charge is 0.357 e. The zero-order valence-corrected chi connectivity index (χ0v) is 12.4. The monoisotopic (exact) mass is 375 g/mol. The Bertz CT molecular complexity index is 658. The first-order chi connectivity index (χ1) is 11.3. The van der Waals surface area contributed by atoms with Crippen LogP contribution in [0.4, 0.5) is 30.7 Å². The first-order valence-corrected chi connectivity index (χ1v) is 6.50. The van der Waals surface area contributed by atoms with E-state index in [-0.39, 0.29) is 6.07 Å². The molecule has 2 unspecified atom stereocenters. The summed E-state index contributed by atoms with van der Waals surface area (Å²) in [6.45, 7) is 0. The van der Waals surface area contributed by atoms with Gasteiger partial charge in [0.05, 0.1) is 11.1 Å². The molecule has 140 valence electrons. The number of halogens is 7. The lowest BCUT2D eigenvalue weighted by atomic mass is 10.0. The van der Waals surface area contributed by atoms with Gasteiger partial charge < -0.3 is 16.4 Å². The standard InChI is InChI=1S/C13H12F7N3O2/c1-22-11(25)8(9(21)13(18,19)20)23-10(24)6-3-2-5(14)4-7(6)12(15,16)17/h2-4,8-9H,21H2,1H3,(H,22,25)(H,23,24). The topological polar surface area (TPSA) is 84.2 Å². The SMILES string of the molecule is CNC(=O)C(NC(=O)c1ccc(F)cc1C(F)(F)F)C(N)C(F)(F)F. The minimum absolute atomic E-state index is 0.00744. The molecule has 12 heteroatoms. The third-order valence-electron chi connectivity index (χ3n) is 3.08. The van der Waals surface area contributed by atoms with Crippen molar-refractivity contribution in [3.05, 3.63) is 35.1 Å². The molecule has 2 atom stereocenters. The molecule has 0 saturated heterocycles. The van der Waals surface area contributed by atoms with E-state index < -0.39 is 53.2 Å². The normalized spacial score (nSPS) is 14.6. The van der Waals surface area contributed by atoms with E-state index in [2.05, 4.69) is 0 Å². The Morgan fingerprint density at radius 2 is 1.68 bits per heavy atom. The van der Waals surface area contributed by atoms with Crippen molar-refractivity contribution >= 4 is 11.8 Å². The van der Waals surface area contributed by atoms with Crippen molar-refractivity contribution < 1.29 is 40.3 Å². The molecule has 0 aliphatic rings. The van der Waals surface area contributed by atoms with Gasteiger partial charge in [-0.05, 0) is 18.2 Å². The second-order valence-electron chi connectivity index (χ2n) is 4.82. The van der Waals surface area contributed by atoms with Crippen molar-refractivity contribution in [2.45, 2.75) is 24.4 Å². The van der Waals surface area contributed by atoms with Crippen LogP contribution >= 0.6 is 0 Å². The molecule has 0 radical (unpaired) electrons. The Morgan fingerprint density at radius 3 is 2.12 bits per heavy atom. The predicted octanol–water partition coefficient (Wildman–Crippen LogP) is 1.58. The lowest BCUT2D eigenvalue weighted by molar-refractivity contribution is -0.159. The molecule has 0 saturated carbocycles. The van der Waals surface area contributed by atoms with Crippen LogP contribution in [0.15, 0.2) is 18.2 Å². The number of benzene rings is 1. The van der Waals surface area contributed by atoms with Crippen molar-refractivity contribution in [1.82, 2.24) is 10.6 Å². The number of nitrogens with two attached hydrogens (primary N) is 1. The van der Waals surface area contributed by atoms with Gasteiger partial charge in [0.15, 0.2) is 0 Å². The molecule has 0 heterocycles. The molecule has 1 rings (SSSR count). The average Bonchev–Trinajstić information content (AvgIpc) is 2.49. The van der Waals surface area contributed by atoms with E-state index in [0.717, 1.165) is 7.05 Å². The number of likely N-dealkylation sites (N-methyl/N-ethyl adjacent to an activating group) is 1. The number of alkyl halides is 6. The fraction of sp³-hybridized carbons (Fsp3) is 0.385. The molecule has 1 aromatic rings. The maximum Gasteiger partial charge on any atom is 0.417 e. The van der Waals surface area contributed by atoms with E-state index in [1.807, 2.05) is 5.32 Å². The first kappa shape index (κ1) is 20.7. The average molecular weight is 375 g/mol. The Kier molecular flexibility index (Phi) is 6.00. The molecular weight excluding hydrogens is 363 g/mol. The molecule has 1 aromatic carbocycles. The molecule has 0 aromatic heterocycles. The minimum Gasteiger partial charge on any atom is -0.357 e. The zero-order valence-electron chi connectivity index (χ0n) is 12.4. The summed E-state index contributed by atoms with van der Waals surface area (Å²) in [4.78, 5) is 23.5. The Balaban J connectivity index is 3.24. The van der Waals surface area contributed by atoms with Crippen molar-refractivity contribution in [2.24, 2.45) is 5.73 Å². The number of amides is 2. The Hall–Kier alpha value is -2.37. The highest BCUT2D eigenvalue weighted by atomic mass is 19.4. The van der Waals surface area contributed by atoms with E-state index in [1.165, 1.54) is 5.32 Å². The molecule has 25 heavy (non-hydrogen) atoms. The van der Waals surface area contributed by atoms with Crippen LogP contribution in [0.25, 0.3) is 0 Å². The number of hydrogen-bond donors (Lipinski definition) is 3. The summed E-state index contributed by atoms with van der Waals surface area (Å²) >= 11 is 0. The summed E-state index contributed by atoms with van der Waals surface area (Å²) in [5.74, 6) is -4.34. The van der Waals surface area contributed by atoms with E-state index in [9.17, 15) is 40.3 Å². The third-order valence-corrected chi connectivity index (χ3v) is 3.08. The molecule has 4 N–H and O–H groups in total. The molecule has 5 nitrogen and oxygen atoms in total. The van der Waals surface area contributed by atoms with E-state index in [4.69, 9.17) is 5.73 Å². The van der Waals surface area contributed by atoms with Gasteiger partial charge in [-0.3, -0.25) is 9.59 Å². The lowest BCUT2D eigenvalue weighted by Gasteiger charge is -2.25. The van der Waals surface area contributed by atoms with Gasteiger partial charge in [-0.25, -0.2) is 4.39 Å². The number of nitrogens with one attached hydrogen (secondary N) is 2. The Labute approximate surface area is 136 Å². The van der Waals surface area contributed by atoms with Gasteiger partial charge in [0.25, 0.3) is 5.91 Å².